The first kappa shape index (κ1) is 7.71. The molecule has 0 aliphatic carbocycles. The molecular weight excluding hydrogens is 154 g/mol. The maximum atomic E-state index is 5.36. The highest BCUT2D eigenvalue weighted by molar-refractivity contribution is 5.22. The molecule has 1 aromatic rings. The van der Waals surface area contributed by atoms with Crippen LogP contribution < -0.4 is 0 Å². The molecule has 0 spiro atoms. The Balaban J connectivity index is 2.26. The Kier molecular flexibility index (Phi) is 2.06. The van der Waals surface area contributed by atoms with E-state index in [1.807, 2.05) is 13.0 Å². The standard InChI is InChI=1S/C9H11NO2/c1-7-2-3-10-6-8(7)9-11-4-5-12-9/h2-3,6,9H,4-5H2,1H3. The minimum Gasteiger partial charge on any atom is -0.346 e. The van der Waals surface area contributed by atoms with Crippen LogP contribution in [0.4, 0.5) is 0 Å². The van der Waals surface area contributed by atoms with Gasteiger partial charge in [-0.3, -0.25) is 4.98 Å². The fourth-order valence-corrected chi connectivity index (χ4v) is 1.26. The topological polar surface area (TPSA) is 31.4 Å². The maximum Gasteiger partial charge on any atom is 0.185 e. The second-order valence-corrected chi connectivity index (χ2v) is 2.81. The van der Waals surface area contributed by atoms with Gasteiger partial charge in [-0.25, -0.2) is 0 Å². The van der Waals surface area contributed by atoms with Crippen LogP contribution >= 0.6 is 0 Å². The molecule has 2 rings (SSSR count). The van der Waals surface area contributed by atoms with Crippen LogP contribution in [-0.4, -0.2) is 18.2 Å². The van der Waals surface area contributed by atoms with Crippen LogP contribution in [0.3, 0.4) is 0 Å². The van der Waals surface area contributed by atoms with E-state index >= 15 is 0 Å². The molecule has 0 saturated carbocycles. The van der Waals surface area contributed by atoms with Crippen molar-refractivity contribution in [1.82, 2.24) is 4.98 Å². The van der Waals surface area contributed by atoms with E-state index in [-0.39, 0.29) is 6.29 Å². The van der Waals surface area contributed by atoms with E-state index in [1.54, 1.807) is 12.4 Å². The lowest BCUT2D eigenvalue weighted by Crippen LogP contribution is -2.00. The largest absolute Gasteiger partial charge is 0.346 e. The van der Waals surface area contributed by atoms with Gasteiger partial charge in [0, 0.05) is 18.0 Å². The lowest BCUT2D eigenvalue weighted by Gasteiger charge is -2.10. The third kappa shape index (κ3) is 1.33. The van der Waals surface area contributed by atoms with Crippen molar-refractivity contribution in [1.29, 1.82) is 0 Å². The highest BCUT2D eigenvalue weighted by Crippen LogP contribution is 2.24. The van der Waals surface area contributed by atoms with Crippen LogP contribution in [0.2, 0.25) is 0 Å². The number of ether oxygens (including phenoxy) is 2. The molecular formula is C9H11NO2. The Morgan fingerprint density at radius 1 is 1.42 bits per heavy atom. The van der Waals surface area contributed by atoms with Crippen molar-refractivity contribution < 1.29 is 9.47 Å². The maximum absolute atomic E-state index is 5.36. The van der Waals surface area contributed by atoms with Crippen molar-refractivity contribution in [2.75, 3.05) is 13.2 Å². The van der Waals surface area contributed by atoms with Crippen molar-refractivity contribution >= 4 is 0 Å². The summed E-state index contributed by atoms with van der Waals surface area (Å²) >= 11 is 0. The van der Waals surface area contributed by atoms with Crippen molar-refractivity contribution in [2.45, 2.75) is 13.2 Å². The van der Waals surface area contributed by atoms with Gasteiger partial charge in [-0.15, -0.1) is 0 Å². The third-order valence-corrected chi connectivity index (χ3v) is 1.96. The molecule has 1 aliphatic rings. The summed E-state index contributed by atoms with van der Waals surface area (Å²) in [6.07, 6.45) is 3.37. The quantitative estimate of drug-likeness (QED) is 0.631. The van der Waals surface area contributed by atoms with Crippen molar-refractivity contribution in [3.05, 3.63) is 29.6 Å². The molecule has 1 aromatic heterocycles. The summed E-state index contributed by atoms with van der Waals surface area (Å²) in [6, 6.07) is 1.96. The van der Waals surface area contributed by atoms with E-state index in [2.05, 4.69) is 4.98 Å². The van der Waals surface area contributed by atoms with Crippen LogP contribution in [0.25, 0.3) is 0 Å². The predicted molar refractivity (Wildman–Crippen MR) is 43.6 cm³/mol. The molecule has 64 valence electrons. The molecule has 1 aliphatic heterocycles. The third-order valence-electron chi connectivity index (χ3n) is 1.96. The van der Waals surface area contributed by atoms with Gasteiger partial charge in [-0.2, -0.15) is 0 Å². The average Bonchev–Trinajstić information content (AvgIpc) is 2.57. The number of hydrogen-bond donors (Lipinski definition) is 0. The number of pyridine rings is 1. The number of aromatic nitrogens is 1. The van der Waals surface area contributed by atoms with Crippen molar-refractivity contribution in [3.8, 4) is 0 Å². The van der Waals surface area contributed by atoms with Gasteiger partial charge < -0.3 is 9.47 Å². The zero-order valence-corrected chi connectivity index (χ0v) is 6.99. The van der Waals surface area contributed by atoms with E-state index in [1.165, 1.54) is 0 Å². The van der Waals surface area contributed by atoms with E-state index in [9.17, 15) is 0 Å². The molecule has 12 heavy (non-hydrogen) atoms. The molecule has 1 saturated heterocycles. The zero-order valence-electron chi connectivity index (χ0n) is 6.99. The minimum absolute atomic E-state index is 0.196. The van der Waals surface area contributed by atoms with Gasteiger partial charge in [0.05, 0.1) is 13.2 Å². The number of hydrogen-bond acceptors (Lipinski definition) is 3. The Hall–Kier alpha value is -0.930. The Morgan fingerprint density at radius 2 is 2.17 bits per heavy atom. The molecule has 3 heteroatoms. The molecule has 0 unspecified atom stereocenters. The van der Waals surface area contributed by atoms with Crippen LogP contribution in [-0.2, 0) is 9.47 Å². The second-order valence-electron chi connectivity index (χ2n) is 2.81. The van der Waals surface area contributed by atoms with Gasteiger partial charge in [0.25, 0.3) is 0 Å². The minimum atomic E-state index is -0.196. The Morgan fingerprint density at radius 3 is 2.83 bits per heavy atom. The Bertz CT molecular complexity index is 269. The fraction of sp³-hybridized carbons (Fsp3) is 0.444. The van der Waals surface area contributed by atoms with Crippen LogP contribution in [0.15, 0.2) is 18.5 Å². The van der Waals surface area contributed by atoms with Crippen molar-refractivity contribution in [3.63, 3.8) is 0 Å². The summed E-state index contributed by atoms with van der Waals surface area (Å²) < 4.78 is 10.7. The predicted octanol–water partition coefficient (Wildman–Crippen LogP) is 1.44. The highest BCUT2D eigenvalue weighted by atomic mass is 16.7. The molecule has 3 nitrogen and oxygen atoms in total. The molecule has 0 N–H and O–H groups in total. The highest BCUT2D eigenvalue weighted by Gasteiger charge is 2.19. The van der Waals surface area contributed by atoms with Gasteiger partial charge in [-0.05, 0) is 18.6 Å². The smallest absolute Gasteiger partial charge is 0.185 e. The fourth-order valence-electron chi connectivity index (χ4n) is 1.26. The SMILES string of the molecule is Cc1ccncc1C1OCCO1. The molecule has 2 heterocycles. The van der Waals surface area contributed by atoms with Gasteiger partial charge in [0.1, 0.15) is 0 Å². The molecule has 0 atom stereocenters. The van der Waals surface area contributed by atoms with Crippen LogP contribution in [0.5, 0.6) is 0 Å². The number of nitrogens with zero attached hydrogens (tertiary/aromatic N) is 1. The lowest BCUT2D eigenvalue weighted by atomic mass is 10.1. The first-order chi connectivity index (χ1) is 5.88. The molecule has 0 bridgehead atoms. The van der Waals surface area contributed by atoms with Crippen molar-refractivity contribution in [2.24, 2.45) is 0 Å². The van der Waals surface area contributed by atoms with Crippen LogP contribution in [0, 0.1) is 6.92 Å². The zero-order chi connectivity index (χ0) is 8.39. The molecule has 1 fully saturated rings. The molecule has 0 amide bonds. The normalized spacial score (nSPS) is 18.4. The van der Waals surface area contributed by atoms with Gasteiger partial charge in [-0.1, -0.05) is 0 Å². The average molecular weight is 165 g/mol. The summed E-state index contributed by atoms with van der Waals surface area (Å²) in [4.78, 5) is 4.03. The van der Waals surface area contributed by atoms with E-state index in [0.29, 0.717) is 13.2 Å². The molecule has 0 aromatic carbocycles. The first-order valence-corrected chi connectivity index (χ1v) is 4.01. The summed E-state index contributed by atoms with van der Waals surface area (Å²) in [5.74, 6) is 0. The summed E-state index contributed by atoms with van der Waals surface area (Å²) in [5.41, 5.74) is 2.20. The van der Waals surface area contributed by atoms with E-state index in [0.717, 1.165) is 11.1 Å². The first-order valence-electron chi connectivity index (χ1n) is 4.01. The van der Waals surface area contributed by atoms with Gasteiger partial charge >= 0.3 is 0 Å². The van der Waals surface area contributed by atoms with E-state index in [4.69, 9.17) is 9.47 Å². The summed E-state index contributed by atoms with van der Waals surface area (Å²) in [7, 11) is 0. The van der Waals surface area contributed by atoms with Gasteiger partial charge in [0.15, 0.2) is 6.29 Å². The van der Waals surface area contributed by atoms with Crippen LogP contribution in [0.1, 0.15) is 17.4 Å². The summed E-state index contributed by atoms with van der Waals surface area (Å²) in [6.45, 7) is 3.39. The van der Waals surface area contributed by atoms with E-state index < -0.39 is 0 Å². The molecule has 0 radical (unpaired) electrons. The number of aryl methyl sites for hydroxylation is 1. The summed E-state index contributed by atoms with van der Waals surface area (Å²) in [5, 5.41) is 0. The Labute approximate surface area is 71.3 Å². The lowest BCUT2D eigenvalue weighted by molar-refractivity contribution is -0.0447. The monoisotopic (exact) mass is 165 g/mol. The van der Waals surface area contributed by atoms with Gasteiger partial charge in [0.2, 0.25) is 0 Å². The number of rotatable bonds is 1. The second kappa shape index (κ2) is 3.21.